The van der Waals surface area contributed by atoms with Crippen LogP contribution in [0.3, 0.4) is 0 Å². The molecule has 1 aliphatic heterocycles. The third-order valence-corrected chi connectivity index (χ3v) is 7.51. The Morgan fingerprint density at radius 2 is 1.60 bits per heavy atom. The van der Waals surface area contributed by atoms with Crippen LogP contribution in [0.25, 0.3) is 0 Å². The summed E-state index contributed by atoms with van der Waals surface area (Å²) in [4.78, 5) is 52.8. The van der Waals surface area contributed by atoms with Crippen LogP contribution in [0.5, 0.6) is 0 Å². The normalized spacial score (nSPS) is 18.2. The monoisotopic (exact) mass is 538 g/mol. The maximum absolute atomic E-state index is 14.0. The number of rotatable bonds is 6. The van der Waals surface area contributed by atoms with Gasteiger partial charge in [-0.3, -0.25) is 19.3 Å². The second-order valence-electron chi connectivity index (χ2n) is 10.1. The Balaban J connectivity index is 1.67. The van der Waals surface area contributed by atoms with Crippen LogP contribution in [-0.2, 0) is 19.1 Å². The molecule has 0 spiro atoms. The Bertz CT molecular complexity index is 1510. The van der Waals surface area contributed by atoms with E-state index in [4.69, 9.17) is 4.74 Å². The number of nitrogens with one attached hydrogen (secondary N) is 1. The van der Waals surface area contributed by atoms with E-state index < -0.39 is 23.9 Å². The van der Waals surface area contributed by atoms with Gasteiger partial charge in [-0.15, -0.1) is 0 Å². The Morgan fingerprint density at radius 3 is 2.27 bits per heavy atom. The number of allylic oxidation sites excluding steroid dienone is 1. The number of methoxy groups -OCH3 is 1. The van der Waals surface area contributed by atoms with Crippen molar-refractivity contribution >= 4 is 35.0 Å². The summed E-state index contributed by atoms with van der Waals surface area (Å²) in [6.45, 7) is 2.02. The van der Waals surface area contributed by atoms with E-state index in [0.717, 1.165) is 16.8 Å². The number of aliphatic carboxylic acids is 1. The quantitative estimate of drug-likeness (QED) is 0.396. The summed E-state index contributed by atoms with van der Waals surface area (Å²) in [7, 11) is 1.30. The van der Waals surface area contributed by atoms with Gasteiger partial charge in [0.1, 0.15) is 0 Å². The number of Topliss-reactive ketones (excluding diaryl/α,β-unsaturated/α-hetero) is 1. The number of hydrogen-bond acceptors (Lipinski definition) is 6. The molecule has 3 aromatic carbocycles. The molecule has 0 saturated heterocycles. The first kappa shape index (κ1) is 26.9. The van der Waals surface area contributed by atoms with Crippen LogP contribution in [0.4, 0.5) is 11.4 Å². The van der Waals surface area contributed by atoms with Crippen LogP contribution in [0, 0.1) is 6.92 Å². The molecule has 1 amide bonds. The topological polar surface area (TPSA) is 113 Å². The molecule has 204 valence electrons. The highest BCUT2D eigenvalue weighted by atomic mass is 16.5. The zero-order valence-corrected chi connectivity index (χ0v) is 22.3. The van der Waals surface area contributed by atoms with Crippen molar-refractivity contribution in [2.45, 2.75) is 44.6 Å². The third kappa shape index (κ3) is 5.25. The molecule has 0 bridgehead atoms. The Morgan fingerprint density at radius 1 is 0.925 bits per heavy atom. The Kier molecular flexibility index (Phi) is 7.51. The number of anilines is 2. The number of ketones is 1. The fraction of sp³-hybridized carbons (Fsp3) is 0.250. The molecule has 1 heterocycles. The first-order valence-electron chi connectivity index (χ1n) is 13.2. The van der Waals surface area contributed by atoms with Gasteiger partial charge in [0.25, 0.3) is 0 Å². The summed E-state index contributed by atoms with van der Waals surface area (Å²) in [5.41, 5.74) is 5.57. The van der Waals surface area contributed by atoms with Crippen LogP contribution in [-0.4, -0.2) is 35.8 Å². The van der Waals surface area contributed by atoms with E-state index in [1.807, 2.05) is 43.3 Å². The molecule has 1 aliphatic carbocycles. The van der Waals surface area contributed by atoms with Crippen LogP contribution < -0.4 is 10.2 Å². The molecule has 8 heteroatoms. The average Bonchev–Trinajstić information content (AvgIpc) is 3.10. The first-order valence-corrected chi connectivity index (χ1v) is 13.2. The molecule has 2 N–H and O–H groups in total. The molecule has 0 saturated carbocycles. The lowest BCUT2D eigenvalue weighted by Gasteiger charge is -2.35. The van der Waals surface area contributed by atoms with Crippen molar-refractivity contribution in [3.8, 4) is 0 Å². The van der Waals surface area contributed by atoms with E-state index in [1.165, 1.54) is 12.0 Å². The number of esters is 1. The summed E-state index contributed by atoms with van der Waals surface area (Å²) in [6, 6.07) is 21.3. The zero-order chi connectivity index (χ0) is 28.4. The number of para-hydroxylation sites is 2. The predicted molar refractivity (Wildman–Crippen MR) is 150 cm³/mol. The molecule has 8 nitrogen and oxygen atoms in total. The smallest absolute Gasteiger partial charge is 0.337 e. The van der Waals surface area contributed by atoms with Gasteiger partial charge < -0.3 is 15.2 Å². The van der Waals surface area contributed by atoms with E-state index in [9.17, 15) is 24.3 Å². The number of carboxylic acids is 1. The summed E-state index contributed by atoms with van der Waals surface area (Å²) in [5.74, 6) is -2.12. The Hall–Kier alpha value is -4.72. The lowest BCUT2D eigenvalue weighted by atomic mass is 9.78. The molecular weight excluding hydrogens is 508 g/mol. The van der Waals surface area contributed by atoms with Gasteiger partial charge in [-0.2, -0.15) is 0 Å². The highest BCUT2D eigenvalue weighted by molar-refractivity contribution is 6.06. The molecular formula is C32H30N2O6. The van der Waals surface area contributed by atoms with Gasteiger partial charge in [0.05, 0.1) is 36.5 Å². The number of carbonyl (C=O) groups excluding carboxylic acids is 3. The zero-order valence-electron chi connectivity index (χ0n) is 22.3. The number of carbonyl (C=O) groups is 4. The molecule has 0 unspecified atom stereocenters. The van der Waals surface area contributed by atoms with E-state index in [-0.39, 0.29) is 31.0 Å². The van der Waals surface area contributed by atoms with Crippen molar-refractivity contribution < 1.29 is 29.0 Å². The number of ether oxygens (including phenoxy) is 1. The maximum atomic E-state index is 14.0. The van der Waals surface area contributed by atoms with Gasteiger partial charge in [0.15, 0.2) is 5.78 Å². The van der Waals surface area contributed by atoms with Gasteiger partial charge in [0, 0.05) is 24.1 Å². The van der Waals surface area contributed by atoms with Gasteiger partial charge in [0.2, 0.25) is 5.91 Å². The number of carboxylic acid groups (broad SMARTS) is 1. The van der Waals surface area contributed by atoms with Crippen molar-refractivity contribution in [1.82, 2.24) is 0 Å². The second kappa shape index (κ2) is 11.2. The van der Waals surface area contributed by atoms with Crippen molar-refractivity contribution in [2.24, 2.45) is 0 Å². The minimum Gasteiger partial charge on any atom is -0.481 e. The minimum absolute atomic E-state index is 0.0388. The number of hydrogen-bond donors (Lipinski definition) is 2. The van der Waals surface area contributed by atoms with Crippen molar-refractivity contribution in [3.63, 3.8) is 0 Å². The summed E-state index contributed by atoms with van der Waals surface area (Å²) in [6.07, 6.45) is 0.262. The predicted octanol–water partition coefficient (Wildman–Crippen LogP) is 5.55. The molecule has 0 aromatic heterocycles. The highest BCUT2D eigenvalue weighted by Gasteiger charge is 2.41. The van der Waals surface area contributed by atoms with Crippen LogP contribution in [0.15, 0.2) is 84.1 Å². The Labute approximate surface area is 232 Å². The molecule has 2 atom stereocenters. The number of fused-ring (bicyclic) bond motifs is 1. The van der Waals surface area contributed by atoms with Crippen LogP contribution in [0.1, 0.15) is 64.7 Å². The van der Waals surface area contributed by atoms with Crippen LogP contribution in [0.2, 0.25) is 0 Å². The van der Waals surface area contributed by atoms with Gasteiger partial charge in [-0.25, -0.2) is 4.79 Å². The van der Waals surface area contributed by atoms with Gasteiger partial charge >= 0.3 is 11.9 Å². The van der Waals surface area contributed by atoms with E-state index in [0.29, 0.717) is 34.5 Å². The van der Waals surface area contributed by atoms with Crippen molar-refractivity contribution in [1.29, 1.82) is 0 Å². The number of aryl methyl sites for hydroxylation is 1. The first-order chi connectivity index (χ1) is 19.3. The number of nitrogens with zero attached hydrogens (tertiary/aromatic N) is 1. The largest absolute Gasteiger partial charge is 0.481 e. The molecule has 5 rings (SSSR count). The summed E-state index contributed by atoms with van der Waals surface area (Å²) >= 11 is 0. The molecule has 0 radical (unpaired) electrons. The molecule has 2 aliphatic rings. The fourth-order valence-electron chi connectivity index (χ4n) is 5.51. The van der Waals surface area contributed by atoms with Crippen molar-refractivity contribution in [2.75, 3.05) is 17.3 Å². The van der Waals surface area contributed by atoms with E-state index >= 15 is 0 Å². The van der Waals surface area contributed by atoms with Gasteiger partial charge in [-0.1, -0.05) is 54.1 Å². The van der Waals surface area contributed by atoms with Crippen molar-refractivity contribution in [3.05, 3.63) is 106 Å². The number of benzene rings is 3. The summed E-state index contributed by atoms with van der Waals surface area (Å²) in [5, 5.41) is 12.8. The number of amides is 1. The van der Waals surface area contributed by atoms with Crippen LogP contribution >= 0.6 is 0 Å². The summed E-state index contributed by atoms with van der Waals surface area (Å²) < 4.78 is 4.83. The highest BCUT2D eigenvalue weighted by Crippen LogP contribution is 2.47. The molecule has 40 heavy (non-hydrogen) atoms. The van der Waals surface area contributed by atoms with E-state index in [2.05, 4.69) is 5.32 Å². The lowest BCUT2D eigenvalue weighted by Crippen LogP contribution is -2.38. The lowest BCUT2D eigenvalue weighted by molar-refractivity contribution is -0.138. The molecule has 0 fully saturated rings. The fourth-order valence-corrected chi connectivity index (χ4v) is 5.51. The molecule has 3 aromatic rings. The standard InChI is InChI=1S/C32H30N2O6/c1-19-7-9-20(10-8-19)23-17-25-30(27(35)18-23)31(21-11-13-22(14-12-21)32(39)40-2)34(28(36)15-16-29(37)38)26-6-4-3-5-24(26)33-25/h3-14,23,31,33H,15-18H2,1-2H3,(H,37,38)/t23-,31+/m1/s1. The maximum Gasteiger partial charge on any atom is 0.337 e. The average molecular weight is 539 g/mol. The SMILES string of the molecule is COC(=O)c1ccc([C@H]2C3=C(C[C@@H](c4ccc(C)cc4)CC3=O)Nc3ccccc3N2C(=O)CCC(=O)O)cc1. The second-order valence-corrected chi connectivity index (χ2v) is 10.1. The minimum atomic E-state index is -1.08. The van der Waals surface area contributed by atoms with E-state index in [1.54, 1.807) is 36.4 Å². The van der Waals surface area contributed by atoms with Gasteiger partial charge in [-0.05, 0) is 54.7 Å². The third-order valence-electron chi connectivity index (χ3n) is 7.51.